The SMILES string of the molecule is CCC1CCc2cc(C3CCC(OC)CC3C(=O)c3cc(OC)ccc3OC)ccc2N1C. The summed E-state index contributed by atoms with van der Waals surface area (Å²) in [5, 5.41) is 0. The van der Waals surface area contributed by atoms with Gasteiger partial charge in [-0.2, -0.15) is 0 Å². The molecule has 0 spiro atoms. The predicted octanol–water partition coefficient (Wildman–Crippen LogP) is 5.65. The third-order valence-electron chi connectivity index (χ3n) is 7.82. The van der Waals surface area contributed by atoms with Crippen molar-refractivity contribution in [1.29, 1.82) is 0 Å². The van der Waals surface area contributed by atoms with Crippen LogP contribution >= 0.6 is 0 Å². The van der Waals surface area contributed by atoms with Crippen LogP contribution in [0.25, 0.3) is 0 Å². The summed E-state index contributed by atoms with van der Waals surface area (Å²) in [6, 6.07) is 12.9. The summed E-state index contributed by atoms with van der Waals surface area (Å²) >= 11 is 0. The van der Waals surface area contributed by atoms with Crippen LogP contribution in [-0.4, -0.2) is 46.3 Å². The van der Waals surface area contributed by atoms with E-state index in [0.29, 0.717) is 23.1 Å². The van der Waals surface area contributed by atoms with E-state index < -0.39 is 0 Å². The smallest absolute Gasteiger partial charge is 0.170 e. The molecule has 1 aliphatic heterocycles. The van der Waals surface area contributed by atoms with E-state index in [1.54, 1.807) is 27.4 Å². The van der Waals surface area contributed by atoms with Crippen molar-refractivity contribution in [1.82, 2.24) is 0 Å². The van der Waals surface area contributed by atoms with Crippen LogP contribution in [0.5, 0.6) is 11.5 Å². The van der Waals surface area contributed by atoms with E-state index in [-0.39, 0.29) is 23.7 Å². The van der Waals surface area contributed by atoms with Gasteiger partial charge in [0, 0.05) is 31.8 Å². The van der Waals surface area contributed by atoms with Crippen LogP contribution < -0.4 is 14.4 Å². The van der Waals surface area contributed by atoms with Gasteiger partial charge >= 0.3 is 0 Å². The largest absolute Gasteiger partial charge is 0.497 e. The molecule has 2 aliphatic rings. The molecule has 0 radical (unpaired) electrons. The molecule has 4 atom stereocenters. The van der Waals surface area contributed by atoms with Gasteiger partial charge in [-0.3, -0.25) is 4.79 Å². The summed E-state index contributed by atoms with van der Waals surface area (Å²) < 4.78 is 16.7. The van der Waals surface area contributed by atoms with E-state index in [1.165, 1.54) is 23.2 Å². The lowest BCUT2D eigenvalue weighted by atomic mass is 9.70. The average molecular weight is 452 g/mol. The molecule has 5 heteroatoms. The van der Waals surface area contributed by atoms with E-state index in [4.69, 9.17) is 14.2 Å². The summed E-state index contributed by atoms with van der Waals surface area (Å²) in [7, 11) is 7.18. The van der Waals surface area contributed by atoms with Crippen LogP contribution in [0.4, 0.5) is 5.69 Å². The molecule has 0 aromatic heterocycles. The fourth-order valence-electron chi connectivity index (χ4n) is 5.81. The first kappa shape index (κ1) is 23.6. The van der Waals surface area contributed by atoms with Gasteiger partial charge in [-0.25, -0.2) is 0 Å². The molecular formula is C28H37NO4. The number of Topliss-reactive ketones (excluding diaryl/α,β-unsaturated/α-hetero) is 1. The second-order valence-corrected chi connectivity index (χ2v) is 9.41. The van der Waals surface area contributed by atoms with Gasteiger partial charge in [-0.05, 0) is 79.8 Å². The number of fused-ring (bicyclic) bond motifs is 1. The molecule has 2 aromatic carbocycles. The number of aryl methyl sites for hydroxylation is 1. The van der Waals surface area contributed by atoms with Crippen molar-refractivity contribution in [3.8, 4) is 11.5 Å². The van der Waals surface area contributed by atoms with Gasteiger partial charge in [0.2, 0.25) is 0 Å². The molecule has 2 aromatic rings. The summed E-state index contributed by atoms with van der Waals surface area (Å²) in [6.07, 6.45) is 6.17. The quantitative estimate of drug-likeness (QED) is 0.510. The first-order valence-corrected chi connectivity index (χ1v) is 12.1. The fourth-order valence-corrected chi connectivity index (χ4v) is 5.81. The maximum Gasteiger partial charge on any atom is 0.170 e. The number of rotatable bonds is 7. The first-order chi connectivity index (χ1) is 16.0. The van der Waals surface area contributed by atoms with E-state index in [2.05, 4.69) is 37.1 Å². The molecule has 0 saturated heterocycles. The predicted molar refractivity (Wildman–Crippen MR) is 132 cm³/mol. The Kier molecular flexibility index (Phi) is 7.28. The third-order valence-corrected chi connectivity index (χ3v) is 7.82. The molecule has 1 heterocycles. The lowest BCUT2D eigenvalue weighted by Crippen LogP contribution is -2.36. The highest BCUT2D eigenvalue weighted by atomic mass is 16.5. The molecule has 4 unspecified atom stereocenters. The second kappa shape index (κ2) is 10.2. The number of anilines is 1. The number of methoxy groups -OCH3 is 3. The maximum atomic E-state index is 13.9. The zero-order chi connectivity index (χ0) is 23.5. The van der Waals surface area contributed by atoms with Crippen LogP contribution in [0, 0.1) is 5.92 Å². The minimum absolute atomic E-state index is 0.0980. The second-order valence-electron chi connectivity index (χ2n) is 9.41. The Balaban J connectivity index is 1.69. The van der Waals surface area contributed by atoms with Crippen LogP contribution in [0.2, 0.25) is 0 Å². The van der Waals surface area contributed by atoms with Crippen molar-refractivity contribution in [2.75, 3.05) is 33.3 Å². The minimum atomic E-state index is -0.160. The molecule has 4 rings (SSSR count). The van der Waals surface area contributed by atoms with Crippen molar-refractivity contribution in [2.24, 2.45) is 5.92 Å². The number of hydrogen-bond donors (Lipinski definition) is 0. The summed E-state index contributed by atoms with van der Waals surface area (Å²) in [5.41, 5.74) is 4.59. The lowest BCUT2D eigenvalue weighted by molar-refractivity contribution is 0.0388. The van der Waals surface area contributed by atoms with Crippen molar-refractivity contribution >= 4 is 11.5 Å². The van der Waals surface area contributed by atoms with E-state index in [9.17, 15) is 4.79 Å². The standard InChI is InChI=1S/C28H37NO4/c1-6-20-9-7-19-15-18(8-13-26(19)29(20)2)23-12-10-21(31-3)16-24(23)28(30)25-17-22(32-4)11-14-27(25)33-5/h8,11,13-15,17,20-21,23-24H,6-7,9-10,12,16H2,1-5H3. The van der Waals surface area contributed by atoms with Gasteiger partial charge in [0.15, 0.2) is 5.78 Å². The number of hydrogen-bond acceptors (Lipinski definition) is 5. The van der Waals surface area contributed by atoms with Crippen LogP contribution in [0.3, 0.4) is 0 Å². The molecule has 178 valence electrons. The highest BCUT2D eigenvalue weighted by molar-refractivity contribution is 6.01. The zero-order valence-corrected chi connectivity index (χ0v) is 20.6. The molecule has 1 fully saturated rings. The third kappa shape index (κ3) is 4.61. The molecule has 5 nitrogen and oxygen atoms in total. The Hall–Kier alpha value is -2.53. The van der Waals surface area contributed by atoms with Gasteiger partial charge in [0.25, 0.3) is 0 Å². The Morgan fingerprint density at radius 2 is 1.85 bits per heavy atom. The van der Waals surface area contributed by atoms with Gasteiger partial charge in [0.05, 0.1) is 25.9 Å². The number of nitrogens with zero attached hydrogens (tertiary/aromatic N) is 1. The van der Waals surface area contributed by atoms with Gasteiger partial charge in [-0.15, -0.1) is 0 Å². The molecular weight excluding hydrogens is 414 g/mol. The topological polar surface area (TPSA) is 48.0 Å². The van der Waals surface area contributed by atoms with Gasteiger partial charge < -0.3 is 19.1 Å². The van der Waals surface area contributed by atoms with Crippen molar-refractivity contribution < 1.29 is 19.0 Å². The molecule has 0 bridgehead atoms. The maximum absolute atomic E-state index is 13.9. The number of ether oxygens (including phenoxy) is 3. The fraction of sp³-hybridized carbons (Fsp3) is 0.536. The summed E-state index contributed by atoms with van der Waals surface area (Å²) in [6.45, 7) is 2.26. The number of carbonyl (C=O) groups excluding carboxylic acids is 1. The number of ketones is 1. The Bertz CT molecular complexity index is 988. The van der Waals surface area contributed by atoms with Crippen LogP contribution in [0.1, 0.15) is 66.4 Å². The Labute approximate surface area is 198 Å². The van der Waals surface area contributed by atoms with Crippen molar-refractivity contribution in [3.05, 3.63) is 53.1 Å². The zero-order valence-electron chi connectivity index (χ0n) is 20.6. The lowest BCUT2D eigenvalue weighted by Gasteiger charge is -2.38. The molecule has 33 heavy (non-hydrogen) atoms. The number of carbonyl (C=O) groups is 1. The van der Waals surface area contributed by atoms with Crippen LogP contribution in [0.15, 0.2) is 36.4 Å². The summed E-state index contributed by atoms with van der Waals surface area (Å²) in [4.78, 5) is 16.3. The van der Waals surface area contributed by atoms with E-state index in [1.807, 2.05) is 12.1 Å². The highest BCUT2D eigenvalue weighted by Crippen LogP contribution is 2.43. The van der Waals surface area contributed by atoms with Gasteiger partial charge in [-0.1, -0.05) is 19.1 Å². The average Bonchev–Trinajstić information content (AvgIpc) is 2.87. The van der Waals surface area contributed by atoms with E-state index >= 15 is 0 Å². The highest BCUT2D eigenvalue weighted by Gasteiger charge is 2.38. The monoisotopic (exact) mass is 451 g/mol. The van der Waals surface area contributed by atoms with Gasteiger partial charge in [0.1, 0.15) is 11.5 Å². The minimum Gasteiger partial charge on any atom is -0.497 e. The first-order valence-electron chi connectivity index (χ1n) is 12.1. The van der Waals surface area contributed by atoms with Crippen molar-refractivity contribution in [3.63, 3.8) is 0 Å². The number of benzene rings is 2. The van der Waals surface area contributed by atoms with E-state index in [0.717, 1.165) is 32.1 Å². The molecule has 1 saturated carbocycles. The van der Waals surface area contributed by atoms with Crippen LogP contribution in [-0.2, 0) is 11.2 Å². The molecule has 1 aliphatic carbocycles. The molecule has 0 amide bonds. The Morgan fingerprint density at radius 3 is 2.55 bits per heavy atom. The Morgan fingerprint density at radius 1 is 1.03 bits per heavy atom. The molecule has 0 N–H and O–H groups in total. The summed E-state index contributed by atoms with van der Waals surface area (Å²) in [5.74, 6) is 1.37. The normalized spacial score (nSPS) is 24.8. The van der Waals surface area contributed by atoms with Crippen molar-refractivity contribution in [2.45, 2.75) is 63.5 Å².